The normalized spacial score (nSPS) is 22.6. The minimum absolute atomic E-state index is 0.0340. The van der Waals surface area contributed by atoms with Crippen LogP contribution in [-0.4, -0.2) is 42.5 Å². The molecule has 0 radical (unpaired) electrons. The number of fused-ring (bicyclic) bond motifs is 3. The number of nitro groups is 1. The molecule has 2 aliphatic heterocycles. The second-order valence-corrected chi connectivity index (χ2v) is 10.3. The highest BCUT2D eigenvalue weighted by Gasteiger charge is 2.67. The van der Waals surface area contributed by atoms with Gasteiger partial charge in [-0.1, -0.05) is 42.5 Å². The summed E-state index contributed by atoms with van der Waals surface area (Å²) in [6.07, 6.45) is 3.60. The van der Waals surface area contributed by atoms with Crippen LogP contribution in [0.15, 0.2) is 77.3 Å². The van der Waals surface area contributed by atoms with Crippen LogP contribution >= 0.6 is 15.9 Å². The maximum absolute atomic E-state index is 14.5. The van der Waals surface area contributed by atoms with Crippen LogP contribution in [-0.2, 0) is 9.53 Å². The predicted molar refractivity (Wildman–Crippen MR) is 151 cm³/mol. The van der Waals surface area contributed by atoms with Crippen molar-refractivity contribution in [2.75, 3.05) is 18.6 Å². The number of rotatable bonds is 7. The number of carbonyl (C=O) groups is 2. The minimum Gasteiger partial charge on any atom is -0.496 e. The maximum atomic E-state index is 14.5. The van der Waals surface area contributed by atoms with E-state index in [0.717, 1.165) is 5.56 Å². The number of ketones is 1. The smallest absolute Gasteiger partial charge is 0.329 e. The summed E-state index contributed by atoms with van der Waals surface area (Å²) in [4.78, 5) is 41.0. The van der Waals surface area contributed by atoms with Crippen LogP contribution in [0.3, 0.4) is 0 Å². The van der Waals surface area contributed by atoms with Gasteiger partial charge in [0.2, 0.25) is 0 Å². The Hall–Kier alpha value is -4.49. The van der Waals surface area contributed by atoms with E-state index in [9.17, 15) is 25.0 Å². The Balaban J connectivity index is 1.79. The van der Waals surface area contributed by atoms with Crippen LogP contribution in [0.4, 0.5) is 11.4 Å². The van der Waals surface area contributed by atoms with Crippen molar-refractivity contribution in [3.8, 4) is 11.8 Å². The summed E-state index contributed by atoms with van der Waals surface area (Å²) in [6.45, 7) is 1.69. The van der Waals surface area contributed by atoms with Gasteiger partial charge in [0.05, 0.1) is 35.2 Å². The highest BCUT2D eigenvalue weighted by atomic mass is 79.9. The number of Topliss-reactive ketones (excluding diaryl/α,β-unsaturated/α-hetero) is 1. The van der Waals surface area contributed by atoms with Gasteiger partial charge in [-0.15, -0.1) is 0 Å². The van der Waals surface area contributed by atoms with Gasteiger partial charge in [0.15, 0.2) is 11.2 Å². The first-order valence-electron chi connectivity index (χ1n) is 12.5. The van der Waals surface area contributed by atoms with E-state index in [4.69, 9.17) is 9.47 Å². The van der Waals surface area contributed by atoms with Gasteiger partial charge in [0.25, 0.3) is 5.69 Å². The Bertz CT molecular complexity index is 1580. The number of methoxy groups -OCH3 is 1. The molecule has 0 N–H and O–H groups in total. The lowest BCUT2D eigenvalue weighted by Gasteiger charge is -2.36. The Morgan fingerprint density at radius 1 is 1.15 bits per heavy atom. The highest BCUT2D eigenvalue weighted by Crippen LogP contribution is 2.56. The van der Waals surface area contributed by atoms with Crippen LogP contribution in [0.2, 0.25) is 0 Å². The molecule has 2 heterocycles. The zero-order valence-electron chi connectivity index (χ0n) is 21.6. The lowest BCUT2D eigenvalue weighted by Crippen LogP contribution is -2.47. The topological polar surface area (TPSA) is 123 Å². The van der Waals surface area contributed by atoms with Crippen molar-refractivity contribution in [3.05, 3.63) is 104 Å². The fraction of sp³-hybridized carbons (Fsp3) is 0.233. The number of esters is 1. The number of ether oxygens (including phenoxy) is 2. The third kappa shape index (κ3) is 4.14. The monoisotopic (exact) mass is 601 g/mol. The second-order valence-electron chi connectivity index (χ2n) is 9.46. The molecule has 1 saturated heterocycles. The molecule has 0 bridgehead atoms. The first-order valence-corrected chi connectivity index (χ1v) is 13.3. The lowest BCUT2D eigenvalue weighted by atomic mass is 9.68. The number of nitrogens with zero attached hydrogens (tertiary/aromatic N) is 3. The van der Waals surface area contributed by atoms with E-state index in [1.807, 2.05) is 35.2 Å². The Kier molecular flexibility index (Phi) is 7.17. The molecule has 0 aliphatic carbocycles. The quantitative estimate of drug-likeness (QED) is 0.146. The van der Waals surface area contributed by atoms with Crippen molar-refractivity contribution >= 4 is 45.1 Å². The average molecular weight is 602 g/mol. The van der Waals surface area contributed by atoms with Crippen LogP contribution in [0, 0.1) is 26.9 Å². The summed E-state index contributed by atoms with van der Waals surface area (Å²) in [5.74, 6) is -1.57. The molecule has 0 unspecified atom stereocenters. The van der Waals surface area contributed by atoms with E-state index in [2.05, 4.69) is 22.0 Å². The zero-order chi connectivity index (χ0) is 28.6. The van der Waals surface area contributed by atoms with E-state index < -0.39 is 34.3 Å². The third-order valence-electron chi connectivity index (χ3n) is 7.51. The van der Waals surface area contributed by atoms with E-state index in [0.29, 0.717) is 27.0 Å². The van der Waals surface area contributed by atoms with Crippen molar-refractivity contribution in [2.24, 2.45) is 5.41 Å². The van der Waals surface area contributed by atoms with Gasteiger partial charge in [0.1, 0.15) is 11.8 Å². The summed E-state index contributed by atoms with van der Waals surface area (Å²) in [5, 5.41) is 22.2. The maximum Gasteiger partial charge on any atom is 0.329 e. The zero-order valence-corrected chi connectivity index (χ0v) is 23.2. The van der Waals surface area contributed by atoms with Crippen LogP contribution in [0.25, 0.3) is 6.08 Å². The summed E-state index contributed by atoms with van der Waals surface area (Å²) in [7, 11) is 1.52. The molecule has 4 atom stereocenters. The molecule has 1 fully saturated rings. The van der Waals surface area contributed by atoms with Gasteiger partial charge in [-0.05, 0) is 58.2 Å². The van der Waals surface area contributed by atoms with Gasteiger partial charge in [-0.25, -0.2) is 0 Å². The number of para-hydroxylation sites is 1. The molecule has 9 nitrogen and oxygen atoms in total. The summed E-state index contributed by atoms with van der Waals surface area (Å²) < 4.78 is 11.4. The van der Waals surface area contributed by atoms with Gasteiger partial charge >= 0.3 is 5.97 Å². The number of benzene rings is 3. The first-order chi connectivity index (χ1) is 19.3. The molecular formula is C30H24BrN3O6. The molecule has 2 aliphatic rings. The summed E-state index contributed by atoms with van der Waals surface area (Å²) in [6, 6.07) is 18.4. The average Bonchev–Trinajstić information content (AvgIpc) is 3.28. The standard InChI is InChI=1S/C30H24BrN3O6/c1-3-40-29(36)30(17-32)25-15-11-18-6-4-5-7-23(18)33(25)27(26(30)19-8-12-21(13-9-19)34(37)38)28(35)20-10-14-24(39-2)22(31)16-20/h4-16,25-27H,3H2,1-2H3/t25-,26-,27-,30+/m0/s1. The van der Waals surface area contributed by atoms with Crippen molar-refractivity contribution in [1.29, 1.82) is 5.26 Å². The third-order valence-corrected chi connectivity index (χ3v) is 8.13. The van der Waals surface area contributed by atoms with Gasteiger partial charge in [-0.3, -0.25) is 19.7 Å². The molecule has 40 heavy (non-hydrogen) atoms. The minimum atomic E-state index is -1.83. The van der Waals surface area contributed by atoms with E-state index in [-0.39, 0.29) is 18.1 Å². The Labute approximate surface area is 238 Å². The number of hydrogen-bond acceptors (Lipinski definition) is 8. The van der Waals surface area contributed by atoms with Crippen molar-refractivity contribution < 1.29 is 24.0 Å². The number of non-ortho nitro benzene ring substituents is 1. The molecular weight excluding hydrogens is 578 g/mol. The van der Waals surface area contributed by atoms with E-state index in [1.54, 1.807) is 31.2 Å². The Morgan fingerprint density at radius 3 is 2.50 bits per heavy atom. The first kappa shape index (κ1) is 27.1. The van der Waals surface area contributed by atoms with Crippen LogP contribution in [0.5, 0.6) is 5.75 Å². The lowest BCUT2D eigenvalue weighted by molar-refractivity contribution is -0.384. The fourth-order valence-corrected chi connectivity index (χ4v) is 6.33. The number of halogens is 1. The van der Waals surface area contributed by atoms with Gasteiger partial charge in [0, 0.05) is 29.3 Å². The number of hydrogen-bond donors (Lipinski definition) is 0. The van der Waals surface area contributed by atoms with Gasteiger partial charge < -0.3 is 14.4 Å². The fourth-order valence-electron chi connectivity index (χ4n) is 5.78. The molecule has 10 heteroatoms. The second kappa shape index (κ2) is 10.6. The largest absolute Gasteiger partial charge is 0.496 e. The number of anilines is 1. The molecule has 3 aromatic rings. The molecule has 3 aromatic carbocycles. The number of nitriles is 1. The highest BCUT2D eigenvalue weighted by molar-refractivity contribution is 9.10. The van der Waals surface area contributed by atoms with Crippen molar-refractivity contribution in [2.45, 2.75) is 24.9 Å². The van der Waals surface area contributed by atoms with Crippen LogP contribution in [0.1, 0.15) is 34.3 Å². The number of carbonyl (C=O) groups excluding carboxylic acids is 2. The molecule has 0 spiro atoms. The van der Waals surface area contributed by atoms with Gasteiger partial charge in [-0.2, -0.15) is 5.26 Å². The molecule has 0 amide bonds. The van der Waals surface area contributed by atoms with Crippen LogP contribution < -0.4 is 9.64 Å². The Morgan fingerprint density at radius 2 is 1.88 bits per heavy atom. The van der Waals surface area contributed by atoms with Crippen molar-refractivity contribution in [3.63, 3.8) is 0 Å². The molecule has 202 valence electrons. The van der Waals surface area contributed by atoms with Crippen molar-refractivity contribution in [1.82, 2.24) is 0 Å². The molecule has 0 saturated carbocycles. The summed E-state index contributed by atoms with van der Waals surface area (Å²) in [5.41, 5.74) is 0.312. The molecule has 0 aromatic heterocycles. The SMILES string of the molecule is CCOC(=O)[C@]1(C#N)[C@@H]2C=Cc3ccccc3N2[C@H](C(=O)c2ccc(OC)c(Br)c2)[C@@H]1c1ccc([N+](=O)[O-])cc1. The molecule has 5 rings (SSSR count). The number of nitro benzene ring substituents is 1. The predicted octanol–water partition coefficient (Wildman–Crippen LogP) is 5.69. The summed E-state index contributed by atoms with van der Waals surface area (Å²) >= 11 is 3.45. The van der Waals surface area contributed by atoms with E-state index >= 15 is 0 Å². The van der Waals surface area contributed by atoms with E-state index in [1.165, 1.54) is 31.4 Å².